The van der Waals surface area contributed by atoms with Crippen molar-refractivity contribution < 1.29 is 19.1 Å². The molecule has 1 aliphatic rings. The average Bonchev–Trinajstić information content (AvgIpc) is 3.45. The lowest BCUT2D eigenvalue weighted by Gasteiger charge is -2.14. The van der Waals surface area contributed by atoms with Gasteiger partial charge in [-0.1, -0.05) is 0 Å². The third kappa shape index (κ3) is 4.81. The van der Waals surface area contributed by atoms with Gasteiger partial charge in [-0.15, -0.1) is 0 Å². The standard InChI is InChI=1S/C20H22N8O4/c1-21-18(29)17-16(9-28(2)27-17)26-20(30)32-19-15(24-13-7-22-11-23-8-13)4-3-14(25-19)12-5-6-31-10-12/h3-4,7-9,11-12,24H,5-6,10H2,1-2H3,(H,21,29)(H,26,30). The summed E-state index contributed by atoms with van der Waals surface area (Å²) in [4.78, 5) is 37.2. The number of aromatic nitrogens is 5. The van der Waals surface area contributed by atoms with Crippen molar-refractivity contribution in [2.24, 2.45) is 7.05 Å². The second-order valence-corrected chi connectivity index (χ2v) is 7.06. The highest BCUT2D eigenvalue weighted by Crippen LogP contribution is 2.31. The molecule has 0 aromatic carbocycles. The van der Waals surface area contributed by atoms with Crippen LogP contribution in [0.4, 0.5) is 21.9 Å². The fourth-order valence-electron chi connectivity index (χ4n) is 3.23. The maximum Gasteiger partial charge on any atom is 0.418 e. The second-order valence-electron chi connectivity index (χ2n) is 7.06. The van der Waals surface area contributed by atoms with Gasteiger partial charge in [0.05, 0.1) is 36.1 Å². The molecule has 2 amide bonds. The van der Waals surface area contributed by atoms with E-state index in [1.807, 2.05) is 6.07 Å². The number of pyridine rings is 1. The summed E-state index contributed by atoms with van der Waals surface area (Å²) in [7, 11) is 3.12. The van der Waals surface area contributed by atoms with Crippen LogP contribution < -0.4 is 20.7 Å². The molecule has 1 aliphatic heterocycles. The van der Waals surface area contributed by atoms with E-state index in [2.05, 4.69) is 36.0 Å². The molecule has 0 aliphatic carbocycles. The summed E-state index contributed by atoms with van der Waals surface area (Å²) in [6.45, 7) is 1.22. The van der Waals surface area contributed by atoms with Gasteiger partial charge in [0.25, 0.3) is 5.91 Å². The van der Waals surface area contributed by atoms with Crippen LogP contribution in [0, 0.1) is 0 Å². The highest BCUT2D eigenvalue weighted by Gasteiger charge is 2.23. The topological polar surface area (TPSA) is 145 Å². The Kier molecular flexibility index (Phi) is 6.22. The predicted octanol–water partition coefficient (Wildman–Crippen LogP) is 1.82. The molecule has 3 aromatic rings. The van der Waals surface area contributed by atoms with Gasteiger partial charge in [0, 0.05) is 32.8 Å². The van der Waals surface area contributed by atoms with Gasteiger partial charge in [-0.25, -0.2) is 19.7 Å². The molecule has 0 saturated carbocycles. The largest absolute Gasteiger partial charge is 0.418 e. The lowest BCUT2D eigenvalue weighted by atomic mass is 10.0. The van der Waals surface area contributed by atoms with Crippen molar-refractivity contribution in [1.29, 1.82) is 0 Å². The first-order chi connectivity index (χ1) is 15.5. The minimum absolute atomic E-state index is 0.0662. The van der Waals surface area contributed by atoms with E-state index in [1.165, 1.54) is 24.3 Å². The van der Waals surface area contributed by atoms with E-state index in [0.717, 1.165) is 12.1 Å². The minimum Gasteiger partial charge on any atom is -0.389 e. The highest BCUT2D eigenvalue weighted by molar-refractivity contribution is 6.01. The number of nitrogens with one attached hydrogen (secondary N) is 3. The van der Waals surface area contributed by atoms with Crippen LogP contribution >= 0.6 is 0 Å². The van der Waals surface area contributed by atoms with Crippen molar-refractivity contribution in [1.82, 2.24) is 30.0 Å². The van der Waals surface area contributed by atoms with Gasteiger partial charge >= 0.3 is 6.09 Å². The van der Waals surface area contributed by atoms with E-state index in [0.29, 0.717) is 24.6 Å². The maximum atomic E-state index is 12.7. The first kappa shape index (κ1) is 21.2. The number of hydrogen-bond acceptors (Lipinski definition) is 9. The number of carbonyl (C=O) groups is 2. The maximum absolute atomic E-state index is 12.7. The number of carbonyl (C=O) groups excluding carboxylic acids is 2. The van der Waals surface area contributed by atoms with Crippen molar-refractivity contribution in [3.05, 3.63) is 48.4 Å². The smallest absolute Gasteiger partial charge is 0.389 e. The minimum atomic E-state index is -0.817. The molecule has 1 fully saturated rings. The van der Waals surface area contributed by atoms with Crippen LogP contribution in [-0.2, 0) is 11.8 Å². The predicted molar refractivity (Wildman–Crippen MR) is 114 cm³/mol. The van der Waals surface area contributed by atoms with Crippen LogP contribution in [0.3, 0.4) is 0 Å². The fraction of sp³-hybridized carbons (Fsp3) is 0.300. The zero-order valence-corrected chi connectivity index (χ0v) is 17.5. The molecular weight excluding hydrogens is 416 g/mol. The molecule has 32 heavy (non-hydrogen) atoms. The lowest BCUT2D eigenvalue weighted by molar-refractivity contribution is 0.0958. The van der Waals surface area contributed by atoms with Crippen LogP contribution in [0.2, 0.25) is 0 Å². The normalized spacial score (nSPS) is 15.2. The molecule has 3 aromatic heterocycles. The zero-order valence-electron chi connectivity index (χ0n) is 17.5. The summed E-state index contributed by atoms with van der Waals surface area (Å²) in [5.41, 5.74) is 2.09. The van der Waals surface area contributed by atoms with Crippen LogP contribution in [0.5, 0.6) is 5.88 Å². The second kappa shape index (κ2) is 9.39. The van der Waals surface area contributed by atoms with E-state index in [1.54, 1.807) is 25.5 Å². The van der Waals surface area contributed by atoms with E-state index in [4.69, 9.17) is 9.47 Å². The van der Waals surface area contributed by atoms with Gasteiger partial charge in [0.2, 0.25) is 5.88 Å². The Morgan fingerprint density at radius 2 is 2.03 bits per heavy atom. The molecular formula is C20H22N8O4. The van der Waals surface area contributed by atoms with Gasteiger partial charge in [-0.3, -0.25) is 14.8 Å². The number of hydrogen-bond donors (Lipinski definition) is 3. The Labute approximate surface area is 183 Å². The van der Waals surface area contributed by atoms with Gasteiger partial charge in [-0.05, 0) is 18.6 Å². The highest BCUT2D eigenvalue weighted by atomic mass is 16.6. The Bertz CT molecular complexity index is 1110. The summed E-state index contributed by atoms with van der Waals surface area (Å²) in [6, 6.07) is 3.64. The first-order valence-corrected chi connectivity index (χ1v) is 9.88. The van der Waals surface area contributed by atoms with Gasteiger partial charge in [-0.2, -0.15) is 5.10 Å². The first-order valence-electron chi connectivity index (χ1n) is 9.88. The lowest BCUT2D eigenvalue weighted by Crippen LogP contribution is -2.23. The summed E-state index contributed by atoms with van der Waals surface area (Å²) in [5.74, 6) is -0.248. The fourth-order valence-corrected chi connectivity index (χ4v) is 3.23. The summed E-state index contributed by atoms with van der Waals surface area (Å²) in [5, 5.41) is 12.2. The van der Waals surface area contributed by atoms with Crippen molar-refractivity contribution in [3.8, 4) is 5.88 Å². The molecule has 1 atom stereocenters. The van der Waals surface area contributed by atoms with Crippen molar-refractivity contribution >= 4 is 29.1 Å². The quantitative estimate of drug-likeness (QED) is 0.524. The molecule has 0 spiro atoms. The third-order valence-electron chi connectivity index (χ3n) is 4.77. The molecule has 4 rings (SSSR count). The number of nitrogens with zero attached hydrogens (tertiary/aromatic N) is 5. The summed E-state index contributed by atoms with van der Waals surface area (Å²) < 4.78 is 12.4. The Balaban J connectivity index is 1.58. The number of ether oxygens (including phenoxy) is 2. The molecule has 3 N–H and O–H groups in total. The van der Waals surface area contributed by atoms with Crippen LogP contribution in [0.15, 0.2) is 37.1 Å². The molecule has 1 saturated heterocycles. The number of amides is 2. The van der Waals surface area contributed by atoms with E-state index >= 15 is 0 Å². The van der Waals surface area contributed by atoms with Crippen molar-refractivity contribution in [2.45, 2.75) is 12.3 Å². The molecule has 166 valence electrons. The number of rotatable bonds is 6. The Hall–Kier alpha value is -4.06. The summed E-state index contributed by atoms with van der Waals surface area (Å²) >= 11 is 0. The zero-order chi connectivity index (χ0) is 22.5. The molecule has 0 radical (unpaired) electrons. The number of anilines is 3. The van der Waals surface area contributed by atoms with Gasteiger partial charge in [0.15, 0.2) is 5.69 Å². The van der Waals surface area contributed by atoms with Crippen molar-refractivity contribution in [2.75, 3.05) is 30.9 Å². The molecule has 1 unspecified atom stereocenters. The molecule has 4 heterocycles. The monoisotopic (exact) mass is 438 g/mol. The van der Waals surface area contributed by atoms with E-state index in [9.17, 15) is 9.59 Å². The SMILES string of the molecule is CNC(=O)c1nn(C)cc1NC(=O)Oc1nc(C2CCOC2)ccc1Nc1cncnc1. The number of aryl methyl sites for hydroxylation is 1. The van der Waals surface area contributed by atoms with Crippen molar-refractivity contribution in [3.63, 3.8) is 0 Å². The molecule has 0 bridgehead atoms. The average molecular weight is 438 g/mol. The van der Waals surface area contributed by atoms with Crippen LogP contribution in [0.25, 0.3) is 0 Å². The third-order valence-corrected chi connectivity index (χ3v) is 4.77. The van der Waals surface area contributed by atoms with Crippen LogP contribution in [0.1, 0.15) is 28.5 Å². The van der Waals surface area contributed by atoms with Gasteiger partial charge in [0.1, 0.15) is 12.0 Å². The molecule has 12 nitrogen and oxygen atoms in total. The van der Waals surface area contributed by atoms with E-state index in [-0.39, 0.29) is 23.2 Å². The Morgan fingerprint density at radius 1 is 1.22 bits per heavy atom. The summed E-state index contributed by atoms with van der Waals surface area (Å²) in [6.07, 6.45) is 6.11. The van der Waals surface area contributed by atoms with Crippen LogP contribution in [-0.4, -0.2) is 57.0 Å². The van der Waals surface area contributed by atoms with E-state index < -0.39 is 12.0 Å². The molecule has 12 heteroatoms. The van der Waals surface area contributed by atoms with Gasteiger partial charge < -0.3 is 20.1 Å². The Morgan fingerprint density at radius 3 is 2.75 bits per heavy atom.